The molecule has 0 aromatic carbocycles. The highest BCUT2D eigenvalue weighted by atomic mass is 32.2. The van der Waals surface area contributed by atoms with Crippen molar-refractivity contribution in [1.29, 1.82) is 0 Å². The fourth-order valence-electron chi connectivity index (χ4n) is 2.70. The lowest BCUT2D eigenvalue weighted by molar-refractivity contribution is 0.00704. The molecule has 6 heteroatoms. The molecule has 0 aromatic heterocycles. The highest BCUT2D eigenvalue weighted by Gasteiger charge is 2.33. The van der Waals surface area contributed by atoms with Crippen LogP contribution in [0.4, 0.5) is 4.39 Å². The highest BCUT2D eigenvalue weighted by Crippen LogP contribution is 2.26. The number of nitrogens with zero attached hydrogens (tertiary/aromatic N) is 1. The van der Waals surface area contributed by atoms with Crippen LogP contribution in [-0.4, -0.2) is 50.4 Å². The van der Waals surface area contributed by atoms with Crippen molar-refractivity contribution in [2.24, 2.45) is 5.92 Å². The third-order valence-corrected chi connectivity index (χ3v) is 5.01. The fourth-order valence-corrected chi connectivity index (χ4v) is 4.14. The lowest BCUT2D eigenvalue weighted by atomic mass is 9.92. The zero-order valence-corrected chi connectivity index (χ0v) is 14.5. The maximum absolute atomic E-state index is 12.6. The van der Waals surface area contributed by atoms with E-state index in [2.05, 4.69) is 0 Å². The largest absolute Gasteiger partial charge is 0.375 e. The number of sulfonamides is 1. The summed E-state index contributed by atoms with van der Waals surface area (Å²) >= 11 is 0. The topological polar surface area (TPSA) is 46.6 Å². The Morgan fingerprint density at radius 1 is 1.30 bits per heavy atom. The van der Waals surface area contributed by atoms with E-state index in [1.54, 1.807) is 0 Å². The minimum atomic E-state index is -3.23. The Labute approximate surface area is 123 Å². The maximum Gasteiger partial charge on any atom is 0.211 e. The molecule has 0 N–H and O–H groups in total. The molecule has 0 saturated carbocycles. The van der Waals surface area contributed by atoms with E-state index in [4.69, 9.17) is 4.74 Å². The smallest absolute Gasteiger partial charge is 0.211 e. The van der Waals surface area contributed by atoms with E-state index in [1.807, 2.05) is 34.6 Å². The predicted octanol–water partition coefficient (Wildman–Crippen LogP) is 2.84. The van der Waals surface area contributed by atoms with Gasteiger partial charge >= 0.3 is 0 Å². The summed E-state index contributed by atoms with van der Waals surface area (Å²) in [5.74, 6) is 0.168. The molecule has 2 atom stereocenters. The molecule has 0 amide bonds. The summed E-state index contributed by atoms with van der Waals surface area (Å²) in [5.41, 5.74) is -0.470. The van der Waals surface area contributed by atoms with Crippen molar-refractivity contribution in [3.63, 3.8) is 0 Å². The van der Waals surface area contributed by atoms with Gasteiger partial charge < -0.3 is 4.74 Å². The predicted molar refractivity (Wildman–Crippen MR) is 81.1 cm³/mol. The summed E-state index contributed by atoms with van der Waals surface area (Å²) < 4.78 is 43.2. The quantitative estimate of drug-likeness (QED) is 0.623. The zero-order valence-electron chi connectivity index (χ0n) is 13.6. The van der Waals surface area contributed by atoms with Gasteiger partial charge in [0.2, 0.25) is 10.0 Å². The monoisotopic (exact) mass is 311 g/mol. The molecule has 20 heavy (non-hydrogen) atoms. The van der Waals surface area contributed by atoms with Gasteiger partial charge in [0, 0.05) is 18.7 Å². The summed E-state index contributed by atoms with van der Waals surface area (Å²) in [6.45, 7) is 9.98. The van der Waals surface area contributed by atoms with Crippen LogP contribution < -0.4 is 0 Å². The number of halogens is 1. The number of alkyl halides is 1. The first-order valence-corrected chi connectivity index (χ1v) is 9.08. The van der Waals surface area contributed by atoms with Gasteiger partial charge in [-0.25, -0.2) is 12.8 Å². The second kappa shape index (κ2) is 8.29. The summed E-state index contributed by atoms with van der Waals surface area (Å²) in [5, 5.41) is 0. The Morgan fingerprint density at radius 2 is 1.85 bits per heavy atom. The van der Waals surface area contributed by atoms with E-state index in [0.717, 1.165) is 0 Å². The second-order valence-electron chi connectivity index (χ2n) is 6.07. The lowest BCUT2D eigenvalue weighted by Crippen LogP contribution is -2.48. The van der Waals surface area contributed by atoms with E-state index >= 15 is 0 Å². The number of hydrogen-bond acceptors (Lipinski definition) is 3. The van der Waals surface area contributed by atoms with E-state index in [1.165, 1.54) is 10.6 Å². The Hall–Kier alpha value is -0.200. The molecular weight excluding hydrogens is 281 g/mol. The molecule has 0 heterocycles. The Balaban J connectivity index is 4.59. The third-order valence-electron chi connectivity index (χ3n) is 3.45. The van der Waals surface area contributed by atoms with Crippen molar-refractivity contribution in [3.05, 3.63) is 0 Å². The van der Waals surface area contributed by atoms with Crippen LogP contribution in [-0.2, 0) is 14.8 Å². The summed E-state index contributed by atoms with van der Waals surface area (Å²) in [7, 11) is -3.23. The molecule has 0 saturated heterocycles. The average molecular weight is 311 g/mol. The van der Waals surface area contributed by atoms with Crippen molar-refractivity contribution in [3.8, 4) is 0 Å². The molecule has 2 unspecified atom stereocenters. The van der Waals surface area contributed by atoms with E-state index in [-0.39, 0.29) is 12.0 Å². The van der Waals surface area contributed by atoms with Gasteiger partial charge in [-0.05, 0) is 32.6 Å². The Morgan fingerprint density at radius 3 is 2.20 bits per heavy atom. The van der Waals surface area contributed by atoms with Crippen LogP contribution in [0.5, 0.6) is 0 Å². The first kappa shape index (κ1) is 19.8. The Bertz CT molecular complexity index is 367. The molecule has 0 aromatic rings. The SMILES string of the molecule is CCC(CF)OCC(C)CC(C)(C)N(CC)S(C)(=O)=O. The minimum Gasteiger partial charge on any atom is -0.375 e. The van der Waals surface area contributed by atoms with Gasteiger partial charge in [0.25, 0.3) is 0 Å². The first-order valence-electron chi connectivity index (χ1n) is 7.23. The van der Waals surface area contributed by atoms with Crippen LogP contribution >= 0.6 is 0 Å². The molecule has 0 aliphatic heterocycles. The summed E-state index contributed by atoms with van der Waals surface area (Å²) in [4.78, 5) is 0. The summed E-state index contributed by atoms with van der Waals surface area (Å²) in [6, 6.07) is 0. The average Bonchev–Trinajstić information content (AvgIpc) is 2.27. The maximum atomic E-state index is 12.6. The molecule has 0 aliphatic carbocycles. The number of rotatable bonds is 10. The summed E-state index contributed by atoms with van der Waals surface area (Å²) in [6.07, 6.45) is 2.21. The molecule has 0 spiro atoms. The van der Waals surface area contributed by atoms with Gasteiger partial charge in [-0.15, -0.1) is 0 Å². The van der Waals surface area contributed by atoms with Crippen molar-refractivity contribution in [1.82, 2.24) is 4.31 Å². The number of ether oxygens (including phenoxy) is 1. The molecule has 0 fully saturated rings. The van der Waals surface area contributed by atoms with Gasteiger partial charge in [0.15, 0.2) is 0 Å². The fraction of sp³-hybridized carbons (Fsp3) is 1.00. The second-order valence-corrected chi connectivity index (χ2v) is 7.97. The van der Waals surface area contributed by atoms with Crippen molar-refractivity contribution in [2.45, 2.75) is 59.1 Å². The molecule has 0 aliphatic rings. The van der Waals surface area contributed by atoms with Gasteiger partial charge in [-0.3, -0.25) is 0 Å². The van der Waals surface area contributed by atoms with Crippen LogP contribution in [0.2, 0.25) is 0 Å². The molecule has 122 valence electrons. The van der Waals surface area contributed by atoms with Crippen molar-refractivity contribution < 1.29 is 17.5 Å². The third kappa shape index (κ3) is 6.50. The zero-order chi connectivity index (χ0) is 16.0. The van der Waals surface area contributed by atoms with E-state index in [9.17, 15) is 12.8 Å². The van der Waals surface area contributed by atoms with Crippen molar-refractivity contribution in [2.75, 3.05) is 26.1 Å². The van der Waals surface area contributed by atoms with Crippen LogP contribution in [0.25, 0.3) is 0 Å². The van der Waals surface area contributed by atoms with Gasteiger partial charge in [0.05, 0.1) is 12.4 Å². The van der Waals surface area contributed by atoms with Crippen LogP contribution in [0.3, 0.4) is 0 Å². The van der Waals surface area contributed by atoms with Crippen LogP contribution in [0.15, 0.2) is 0 Å². The molecule has 0 bridgehead atoms. The number of hydrogen-bond donors (Lipinski definition) is 0. The highest BCUT2D eigenvalue weighted by molar-refractivity contribution is 7.88. The normalized spacial score (nSPS) is 16.4. The lowest BCUT2D eigenvalue weighted by Gasteiger charge is -2.37. The molecular formula is C14H30FNO3S. The van der Waals surface area contributed by atoms with Gasteiger partial charge in [0.1, 0.15) is 6.67 Å². The van der Waals surface area contributed by atoms with Gasteiger partial charge in [-0.1, -0.05) is 20.8 Å². The molecule has 0 radical (unpaired) electrons. The van der Waals surface area contributed by atoms with Gasteiger partial charge in [-0.2, -0.15) is 4.31 Å². The van der Waals surface area contributed by atoms with E-state index < -0.39 is 22.2 Å². The minimum absolute atomic E-state index is 0.168. The molecule has 0 rings (SSSR count). The van der Waals surface area contributed by atoms with E-state index in [0.29, 0.717) is 26.0 Å². The van der Waals surface area contributed by atoms with Crippen LogP contribution in [0.1, 0.15) is 47.5 Å². The van der Waals surface area contributed by atoms with Crippen LogP contribution in [0, 0.1) is 5.92 Å². The Kier molecular flexibility index (Phi) is 8.21. The van der Waals surface area contributed by atoms with Crippen molar-refractivity contribution >= 4 is 10.0 Å². The molecule has 4 nitrogen and oxygen atoms in total. The standard InChI is InChI=1S/C14H30FNO3S/c1-7-13(10-15)19-11-12(3)9-14(4,5)16(8-2)20(6,17)18/h12-13H,7-11H2,1-6H3. The first-order chi connectivity index (χ1) is 9.08.